The molecule has 0 spiro atoms. The van der Waals surface area contributed by atoms with Crippen LogP contribution in [0.1, 0.15) is 53.3 Å². The minimum atomic E-state index is -0.965. The highest BCUT2D eigenvalue weighted by Gasteiger charge is 2.29. The van der Waals surface area contributed by atoms with E-state index in [0.29, 0.717) is 51.6 Å². The molecule has 0 saturated carbocycles. The Morgan fingerprint density at radius 1 is 1.16 bits per heavy atom. The van der Waals surface area contributed by atoms with Crippen molar-refractivity contribution in [2.24, 2.45) is 0 Å². The van der Waals surface area contributed by atoms with Crippen molar-refractivity contribution in [3.05, 3.63) is 112 Å². The molecule has 3 atom stereocenters. The van der Waals surface area contributed by atoms with E-state index in [1.54, 1.807) is 43.5 Å². The van der Waals surface area contributed by atoms with Crippen LogP contribution in [0.5, 0.6) is 11.5 Å². The average Bonchev–Trinajstić information content (AvgIpc) is 3.46. The number of hydrogen-bond acceptors (Lipinski definition) is 8. The van der Waals surface area contributed by atoms with Crippen LogP contribution in [-0.4, -0.2) is 35.8 Å². The summed E-state index contributed by atoms with van der Waals surface area (Å²) in [4.78, 5) is 16.2. The van der Waals surface area contributed by atoms with Gasteiger partial charge in [0.25, 0.3) is 0 Å². The van der Waals surface area contributed by atoms with Crippen LogP contribution in [0.15, 0.2) is 73.1 Å². The molecule has 0 radical (unpaired) electrons. The van der Waals surface area contributed by atoms with Crippen molar-refractivity contribution in [1.29, 1.82) is 5.26 Å². The molecule has 0 amide bonds. The third-order valence-corrected chi connectivity index (χ3v) is 7.91. The SMILES string of the molecule is COC(=O)[C@H](CO)NC(C)c1cc(Cl)c(O[C@H]2CCc3c(-c4ccccc4F)cccc32)cc1OCc1cncc(C#N)c1. The molecule has 1 aliphatic rings. The van der Waals surface area contributed by atoms with Crippen molar-refractivity contribution < 1.29 is 28.5 Å². The maximum atomic E-state index is 14.7. The summed E-state index contributed by atoms with van der Waals surface area (Å²) in [5, 5.41) is 22.4. The highest BCUT2D eigenvalue weighted by atomic mass is 35.5. The number of esters is 1. The summed E-state index contributed by atoms with van der Waals surface area (Å²) < 4.78 is 32.2. The van der Waals surface area contributed by atoms with Crippen LogP contribution in [0, 0.1) is 17.1 Å². The molecule has 0 aliphatic heterocycles. The van der Waals surface area contributed by atoms with Crippen molar-refractivity contribution in [2.75, 3.05) is 13.7 Å². The van der Waals surface area contributed by atoms with Gasteiger partial charge in [-0.1, -0.05) is 48.0 Å². The Morgan fingerprint density at radius 2 is 1.95 bits per heavy atom. The molecule has 226 valence electrons. The van der Waals surface area contributed by atoms with E-state index in [4.69, 9.17) is 25.8 Å². The fourth-order valence-corrected chi connectivity index (χ4v) is 5.66. The third kappa shape index (κ3) is 6.68. The van der Waals surface area contributed by atoms with Gasteiger partial charge >= 0.3 is 5.97 Å². The first kappa shape index (κ1) is 31.0. The van der Waals surface area contributed by atoms with Crippen molar-refractivity contribution in [1.82, 2.24) is 10.3 Å². The van der Waals surface area contributed by atoms with Crippen molar-refractivity contribution in [2.45, 2.75) is 44.6 Å². The van der Waals surface area contributed by atoms with E-state index in [0.717, 1.165) is 16.7 Å². The van der Waals surface area contributed by atoms with Gasteiger partial charge in [0.2, 0.25) is 0 Å². The fourth-order valence-electron chi connectivity index (χ4n) is 5.45. The number of carbonyl (C=O) groups excluding carboxylic acids is 1. The average molecular weight is 616 g/mol. The largest absolute Gasteiger partial charge is 0.488 e. The molecule has 0 fully saturated rings. The highest BCUT2D eigenvalue weighted by molar-refractivity contribution is 6.32. The lowest BCUT2D eigenvalue weighted by Gasteiger charge is -2.24. The number of aromatic nitrogens is 1. The maximum Gasteiger partial charge on any atom is 0.325 e. The lowest BCUT2D eigenvalue weighted by molar-refractivity contribution is -0.144. The molecule has 2 N–H and O–H groups in total. The van der Waals surface area contributed by atoms with Crippen LogP contribution in [0.2, 0.25) is 5.02 Å². The number of benzene rings is 3. The number of aliphatic hydroxyl groups is 1. The first-order chi connectivity index (χ1) is 21.3. The van der Waals surface area contributed by atoms with E-state index in [1.165, 1.54) is 19.4 Å². The molecule has 0 bridgehead atoms. The molecule has 1 aliphatic carbocycles. The van der Waals surface area contributed by atoms with Gasteiger partial charge in [-0.15, -0.1) is 0 Å². The van der Waals surface area contributed by atoms with Gasteiger partial charge < -0.3 is 19.3 Å². The van der Waals surface area contributed by atoms with E-state index in [2.05, 4.69) is 16.4 Å². The van der Waals surface area contributed by atoms with Crippen LogP contribution in [0.3, 0.4) is 0 Å². The first-order valence-electron chi connectivity index (χ1n) is 14.1. The lowest BCUT2D eigenvalue weighted by Crippen LogP contribution is -2.42. The Bertz CT molecular complexity index is 1710. The first-order valence-corrected chi connectivity index (χ1v) is 14.5. The minimum absolute atomic E-state index is 0.0992. The summed E-state index contributed by atoms with van der Waals surface area (Å²) in [6.07, 6.45) is 4.14. The van der Waals surface area contributed by atoms with Crippen LogP contribution in [-0.2, 0) is 22.6 Å². The minimum Gasteiger partial charge on any atom is -0.488 e. The Kier molecular flexibility index (Phi) is 9.75. The Hall–Kier alpha value is -4.49. The third-order valence-electron chi connectivity index (χ3n) is 7.62. The topological polar surface area (TPSA) is 114 Å². The zero-order valence-electron chi connectivity index (χ0n) is 24.2. The van der Waals surface area contributed by atoms with Gasteiger partial charge in [0.1, 0.15) is 42.1 Å². The standard InChI is InChI=1S/C34H31ClFN3O5/c1-20(39-30(18-40)34(41)42-2)27-13-28(35)33(14-32(27)43-19-22-12-21(15-37)16-38-17-22)44-31-11-10-24-23(7-5-8-26(24)31)25-6-3-4-9-29(25)36/h3-9,12-14,16-17,20,30-31,39-40H,10-11,18-19H2,1-2H3/t20?,30-,31-/m0/s1. The van der Waals surface area contributed by atoms with E-state index in [9.17, 15) is 19.6 Å². The predicted octanol–water partition coefficient (Wildman–Crippen LogP) is 6.24. The Balaban J connectivity index is 1.46. The Labute approximate surface area is 260 Å². The number of nitrogens with zero attached hydrogens (tertiary/aromatic N) is 2. The molecular weight excluding hydrogens is 585 g/mol. The number of nitrogens with one attached hydrogen (secondary N) is 1. The van der Waals surface area contributed by atoms with E-state index in [1.807, 2.05) is 24.3 Å². The molecule has 1 heterocycles. The molecule has 4 aromatic rings. The number of rotatable bonds is 11. The smallest absolute Gasteiger partial charge is 0.325 e. The summed E-state index contributed by atoms with van der Waals surface area (Å²) in [6.45, 7) is 1.44. The number of pyridine rings is 1. The van der Waals surface area contributed by atoms with Gasteiger partial charge in [-0.3, -0.25) is 15.1 Å². The summed E-state index contributed by atoms with van der Waals surface area (Å²) in [5.41, 5.74) is 5.09. The second kappa shape index (κ2) is 13.9. The summed E-state index contributed by atoms with van der Waals surface area (Å²) in [7, 11) is 1.25. The summed E-state index contributed by atoms with van der Waals surface area (Å²) in [6, 6.07) is 18.2. The monoisotopic (exact) mass is 615 g/mol. The maximum absolute atomic E-state index is 14.7. The van der Waals surface area contributed by atoms with E-state index >= 15 is 0 Å². The van der Waals surface area contributed by atoms with E-state index in [-0.39, 0.29) is 18.5 Å². The van der Waals surface area contributed by atoms with Crippen LogP contribution < -0.4 is 14.8 Å². The van der Waals surface area contributed by atoms with E-state index < -0.39 is 24.7 Å². The number of hydrogen-bond donors (Lipinski definition) is 2. The molecule has 44 heavy (non-hydrogen) atoms. The number of fused-ring (bicyclic) bond motifs is 1. The lowest BCUT2D eigenvalue weighted by atomic mass is 9.96. The van der Waals surface area contributed by atoms with Gasteiger partial charge in [0.05, 0.1) is 24.3 Å². The van der Waals surface area contributed by atoms with Crippen LogP contribution >= 0.6 is 11.6 Å². The number of ether oxygens (including phenoxy) is 3. The second-order valence-electron chi connectivity index (χ2n) is 10.4. The summed E-state index contributed by atoms with van der Waals surface area (Å²) in [5.74, 6) is -0.0736. The van der Waals surface area contributed by atoms with Gasteiger partial charge in [-0.25, -0.2) is 4.39 Å². The van der Waals surface area contributed by atoms with Crippen LogP contribution in [0.25, 0.3) is 11.1 Å². The molecular formula is C34H31ClFN3O5. The number of halogens is 2. The molecule has 10 heteroatoms. The van der Waals surface area contributed by atoms with Gasteiger partial charge in [-0.2, -0.15) is 5.26 Å². The van der Waals surface area contributed by atoms with Gasteiger partial charge in [0.15, 0.2) is 0 Å². The number of aliphatic hydroxyl groups excluding tert-OH is 1. The van der Waals surface area contributed by atoms with Crippen molar-refractivity contribution >= 4 is 17.6 Å². The molecule has 3 aromatic carbocycles. The molecule has 5 rings (SSSR count). The quantitative estimate of drug-likeness (QED) is 0.191. The fraction of sp³-hybridized carbons (Fsp3) is 0.265. The van der Waals surface area contributed by atoms with Crippen molar-refractivity contribution in [3.63, 3.8) is 0 Å². The van der Waals surface area contributed by atoms with Gasteiger partial charge in [-0.05, 0) is 54.7 Å². The zero-order chi connectivity index (χ0) is 31.2. The molecule has 1 unspecified atom stereocenters. The second-order valence-corrected chi connectivity index (χ2v) is 10.9. The number of methoxy groups -OCH3 is 1. The van der Waals surface area contributed by atoms with Crippen LogP contribution in [0.4, 0.5) is 4.39 Å². The molecule has 0 saturated heterocycles. The molecule has 8 nitrogen and oxygen atoms in total. The highest BCUT2D eigenvalue weighted by Crippen LogP contribution is 2.44. The summed E-state index contributed by atoms with van der Waals surface area (Å²) >= 11 is 6.77. The number of carbonyl (C=O) groups is 1. The predicted molar refractivity (Wildman–Crippen MR) is 163 cm³/mol. The normalized spacial score (nSPS) is 15.1. The number of nitriles is 1. The molecule has 1 aromatic heterocycles. The van der Waals surface area contributed by atoms with Crippen molar-refractivity contribution in [3.8, 4) is 28.7 Å². The Morgan fingerprint density at radius 3 is 2.70 bits per heavy atom. The zero-order valence-corrected chi connectivity index (χ0v) is 25.0. The van der Waals surface area contributed by atoms with Gasteiger partial charge in [0, 0.05) is 41.2 Å².